The summed E-state index contributed by atoms with van der Waals surface area (Å²) in [7, 11) is 1.34. The number of carbonyl (C=O) groups is 2. The fraction of sp³-hybridized carbons (Fsp3) is 0.429. The molecule has 1 aromatic rings. The van der Waals surface area contributed by atoms with Crippen LogP contribution in [0.4, 0.5) is 0 Å². The Balaban J connectivity index is 2.25. The summed E-state index contributed by atoms with van der Waals surface area (Å²) in [6, 6.07) is 4.72. The van der Waals surface area contributed by atoms with Gasteiger partial charge in [-0.25, -0.2) is 4.79 Å². The third-order valence-electron chi connectivity index (χ3n) is 3.28. The molecule has 1 heterocycles. The van der Waals surface area contributed by atoms with E-state index in [1.165, 1.54) is 7.11 Å². The molecule has 5 heteroatoms. The van der Waals surface area contributed by atoms with E-state index in [0.717, 1.165) is 12.0 Å². The van der Waals surface area contributed by atoms with E-state index in [0.29, 0.717) is 23.6 Å². The van der Waals surface area contributed by atoms with Gasteiger partial charge >= 0.3 is 5.97 Å². The van der Waals surface area contributed by atoms with Crippen molar-refractivity contribution >= 4 is 23.5 Å². The maximum atomic E-state index is 12.4. The molecule has 1 aliphatic heterocycles. The summed E-state index contributed by atoms with van der Waals surface area (Å²) in [4.78, 5) is 25.7. The molecule has 102 valence electrons. The van der Waals surface area contributed by atoms with Crippen LogP contribution in [-0.4, -0.2) is 36.5 Å². The van der Waals surface area contributed by atoms with Gasteiger partial charge in [0, 0.05) is 17.1 Å². The van der Waals surface area contributed by atoms with Gasteiger partial charge in [0.15, 0.2) is 0 Å². The summed E-state index contributed by atoms with van der Waals surface area (Å²) in [5.41, 5.74) is 1.44. The Morgan fingerprint density at radius 2 is 2.11 bits per heavy atom. The molecule has 0 aromatic heterocycles. The maximum Gasteiger partial charge on any atom is 0.328 e. The van der Waals surface area contributed by atoms with Gasteiger partial charge in [0.1, 0.15) is 6.04 Å². The molecule has 1 fully saturated rings. The molecule has 0 radical (unpaired) electrons. The first kappa shape index (κ1) is 13.9. The number of rotatable bonds is 2. The lowest BCUT2D eigenvalue weighted by Crippen LogP contribution is -2.41. The Morgan fingerprint density at radius 3 is 2.74 bits per heavy atom. The highest BCUT2D eigenvalue weighted by atomic mass is 35.5. The van der Waals surface area contributed by atoms with E-state index in [1.54, 1.807) is 23.1 Å². The topological polar surface area (TPSA) is 46.6 Å². The van der Waals surface area contributed by atoms with Crippen LogP contribution in [0.2, 0.25) is 5.02 Å². The molecule has 0 spiro atoms. The summed E-state index contributed by atoms with van der Waals surface area (Å²) in [5, 5.41) is 0.525. The van der Waals surface area contributed by atoms with Crippen LogP contribution in [0.15, 0.2) is 18.2 Å². The lowest BCUT2D eigenvalue weighted by molar-refractivity contribution is -0.145. The van der Waals surface area contributed by atoms with Crippen molar-refractivity contribution in [2.24, 2.45) is 0 Å². The number of methoxy groups -OCH3 is 1. The summed E-state index contributed by atoms with van der Waals surface area (Å²) in [6.45, 7) is 2.45. The predicted octanol–water partition coefficient (Wildman–Crippen LogP) is 2.43. The molecular weight excluding hydrogens is 266 g/mol. The standard InChI is InChI=1S/C14H16ClNO3/c1-9-6-10(8-11(15)7-9)13(17)16-5-3-4-12(16)14(18)19-2/h6-8,12H,3-5H2,1-2H3. The highest BCUT2D eigenvalue weighted by Crippen LogP contribution is 2.23. The molecule has 1 aliphatic rings. The van der Waals surface area contributed by atoms with Gasteiger partial charge in [0.25, 0.3) is 5.91 Å². The van der Waals surface area contributed by atoms with Gasteiger partial charge in [-0.1, -0.05) is 11.6 Å². The second-order valence-corrected chi connectivity index (χ2v) is 5.13. The van der Waals surface area contributed by atoms with Gasteiger partial charge < -0.3 is 9.64 Å². The smallest absolute Gasteiger partial charge is 0.328 e. The van der Waals surface area contributed by atoms with E-state index < -0.39 is 6.04 Å². The third-order valence-corrected chi connectivity index (χ3v) is 3.49. The number of nitrogens with zero attached hydrogens (tertiary/aromatic N) is 1. The Labute approximate surface area is 117 Å². The molecule has 0 bridgehead atoms. The van der Waals surface area contributed by atoms with E-state index >= 15 is 0 Å². The number of aryl methyl sites for hydroxylation is 1. The van der Waals surface area contributed by atoms with Crippen LogP contribution in [0.25, 0.3) is 0 Å². The molecule has 1 aromatic carbocycles. The Hall–Kier alpha value is -1.55. The SMILES string of the molecule is COC(=O)C1CCCN1C(=O)c1cc(C)cc(Cl)c1. The highest BCUT2D eigenvalue weighted by Gasteiger charge is 2.35. The van der Waals surface area contributed by atoms with Crippen LogP contribution in [0, 0.1) is 6.92 Å². The number of halogens is 1. The van der Waals surface area contributed by atoms with E-state index in [9.17, 15) is 9.59 Å². The maximum absolute atomic E-state index is 12.4. The lowest BCUT2D eigenvalue weighted by Gasteiger charge is -2.22. The van der Waals surface area contributed by atoms with Crippen molar-refractivity contribution in [3.8, 4) is 0 Å². The van der Waals surface area contributed by atoms with Crippen LogP contribution in [0.5, 0.6) is 0 Å². The lowest BCUT2D eigenvalue weighted by atomic mass is 10.1. The quantitative estimate of drug-likeness (QED) is 0.782. The van der Waals surface area contributed by atoms with Crippen molar-refractivity contribution in [3.05, 3.63) is 34.3 Å². The minimum Gasteiger partial charge on any atom is -0.467 e. The molecule has 19 heavy (non-hydrogen) atoms. The largest absolute Gasteiger partial charge is 0.467 e. The first-order valence-corrected chi connectivity index (χ1v) is 6.56. The molecule has 2 rings (SSSR count). The zero-order valence-corrected chi connectivity index (χ0v) is 11.7. The van der Waals surface area contributed by atoms with Crippen LogP contribution in [-0.2, 0) is 9.53 Å². The van der Waals surface area contributed by atoms with Crippen LogP contribution in [0.1, 0.15) is 28.8 Å². The average Bonchev–Trinajstić information content (AvgIpc) is 2.84. The molecule has 0 N–H and O–H groups in total. The number of likely N-dealkylation sites (tertiary alicyclic amines) is 1. The van der Waals surface area contributed by atoms with Gasteiger partial charge in [-0.15, -0.1) is 0 Å². The number of hydrogen-bond acceptors (Lipinski definition) is 3. The van der Waals surface area contributed by atoms with Crippen LogP contribution < -0.4 is 0 Å². The van der Waals surface area contributed by atoms with E-state index in [2.05, 4.69) is 0 Å². The van der Waals surface area contributed by atoms with Crippen molar-refractivity contribution < 1.29 is 14.3 Å². The number of amides is 1. The third kappa shape index (κ3) is 2.89. The van der Waals surface area contributed by atoms with Crippen molar-refractivity contribution in [2.45, 2.75) is 25.8 Å². The summed E-state index contributed by atoms with van der Waals surface area (Å²) >= 11 is 5.96. The summed E-state index contributed by atoms with van der Waals surface area (Å²) < 4.78 is 4.74. The van der Waals surface area contributed by atoms with Gasteiger partial charge in [-0.2, -0.15) is 0 Å². The predicted molar refractivity (Wildman–Crippen MR) is 72.3 cm³/mol. The number of esters is 1. The fourth-order valence-corrected chi connectivity index (χ4v) is 2.71. The summed E-state index contributed by atoms with van der Waals surface area (Å²) in [5.74, 6) is -0.525. The number of ether oxygens (including phenoxy) is 1. The van der Waals surface area contributed by atoms with Crippen molar-refractivity contribution in [1.82, 2.24) is 4.90 Å². The zero-order chi connectivity index (χ0) is 14.0. The normalized spacial score (nSPS) is 18.5. The summed E-state index contributed by atoms with van der Waals surface area (Å²) in [6.07, 6.45) is 1.46. The first-order valence-electron chi connectivity index (χ1n) is 6.19. The minimum atomic E-state index is -0.475. The minimum absolute atomic E-state index is 0.168. The molecule has 1 amide bonds. The number of hydrogen-bond donors (Lipinski definition) is 0. The van der Waals surface area contributed by atoms with Crippen molar-refractivity contribution in [1.29, 1.82) is 0 Å². The zero-order valence-electron chi connectivity index (χ0n) is 11.0. The molecular formula is C14H16ClNO3. The van der Waals surface area contributed by atoms with E-state index in [4.69, 9.17) is 16.3 Å². The average molecular weight is 282 g/mol. The Morgan fingerprint density at radius 1 is 1.37 bits per heavy atom. The monoisotopic (exact) mass is 281 g/mol. The molecule has 4 nitrogen and oxygen atoms in total. The highest BCUT2D eigenvalue weighted by molar-refractivity contribution is 6.31. The molecule has 1 unspecified atom stereocenters. The van der Waals surface area contributed by atoms with Crippen molar-refractivity contribution in [3.63, 3.8) is 0 Å². The number of carbonyl (C=O) groups excluding carboxylic acids is 2. The van der Waals surface area contributed by atoms with Crippen LogP contribution >= 0.6 is 11.6 Å². The van der Waals surface area contributed by atoms with Gasteiger partial charge in [-0.05, 0) is 43.5 Å². The number of benzene rings is 1. The van der Waals surface area contributed by atoms with Crippen LogP contribution in [0.3, 0.4) is 0 Å². The molecule has 0 aliphatic carbocycles. The van der Waals surface area contributed by atoms with Crippen molar-refractivity contribution in [2.75, 3.05) is 13.7 Å². The second kappa shape index (κ2) is 5.61. The Kier molecular flexibility index (Phi) is 4.10. The van der Waals surface area contributed by atoms with E-state index in [-0.39, 0.29) is 11.9 Å². The molecule has 1 atom stereocenters. The molecule has 0 saturated carbocycles. The first-order chi connectivity index (χ1) is 9.02. The molecule has 1 saturated heterocycles. The van der Waals surface area contributed by atoms with Gasteiger partial charge in [-0.3, -0.25) is 4.79 Å². The second-order valence-electron chi connectivity index (χ2n) is 4.70. The van der Waals surface area contributed by atoms with Gasteiger partial charge in [0.05, 0.1) is 7.11 Å². The van der Waals surface area contributed by atoms with E-state index in [1.807, 2.05) is 6.92 Å². The Bertz CT molecular complexity index is 495. The fourth-order valence-electron chi connectivity index (χ4n) is 2.42. The van der Waals surface area contributed by atoms with Gasteiger partial charge in [0.2, 0.25) is 0 Å².